The van der Waals surface area contributed by atoms with Crippen LogP contribution in [0.3, 0.4) is 0 Å². The number of hydrogen-bond acceptors (Lipinski definition) is 4. The highest BCUT2D eigenvalue weighted by Crippen LogP contribution is 2.29. The van der Waals surface area contributed by atoms with Crippen molar-refractivity contribution in [2.45, 2.75) is 19.3 Å². The second-order valence-electron chi connectivity index (χ2n) is 5.79. The second kappa shape index (κ2) is 8.53. The summed E-state index contributed by atoms with van der Waals surface area (Å²) in [6, 6.07) is 19.2. The number of ether oxygens (including phenoxy) is 1. The lowest BCUT2D eigenvalue weighted by Crippen LogP contribution is -2.10. The average molecular weight is 335 g/mol. The summed E-state index contributed by atoms with van der Waals surface area (Å²) in [5, 5.41) is 20.4. The first kappa shape index (κ1) is 17.3. The maximum atomic E-state index is 10.5. The molecule has 3 aromatic rings. The Morgan fingerprint density at radius 2 is 1.80 bits per heavy atom. The van der Waals surface area contributed by atoms with E-state index in [9.17, 15) is 10.2 Å². The average Bonchev–Trinajstić information content (AvgIpc) is 2.68. The van der Waals surface area contributed by atoms with Gasteiger partial charge >= 0.3 is 0 Å². The van der Waals surface area contributed by atoms with Gasteiger partial charge in [-0.05, 0) is 28.3 Å². The van der Waals surface area contributed by atoms with E-state index in [1.807, 2.05) is 60.7 Å². The quantitative estimate of drug-likeness (QED) is 0.694. The van der Waals surface area contributed by atoms with Crippen LogP contribution in [0, 0.1) is 0 Å². The number of pyridine rings is 1. The molecule has 1 unspecified atom stereocenters. The van der Waals surface area contributed by atoms with E-state index in [1.165, 1.54) is 0 Å². The van der Waals surface area contributed by atoms with Crippen molar-refractivity contribution in [3.8, 4) is 11.1 Å². The Labute approximate surface area is 147 Å². The Kier molecular flexibility index (Phi) is 5.90. The van der Waals surface area contributed by atoms with Crippen LogP contribution in [0.2, 0.25) is 0 Å². The number of hydrogen-bond donors (Lipinski definition) is 2. The molecule has 0 aliphatic carbocycles. The molecule has 2 aromatic carbocycles. The summed E-state index contributed by atoms with van der Waals surface area (Å²) < 4.78 is 5.64. The zero-order valence-corrected chi connectivity index (χ0v) is 13.9. The first-order valence-electron chi connectivity index (χ1n) is 8.22. The van der Waals surface area contributed by atoms with Crippen molar-refractivity contribution in [1.82, 2.24) is 4.98 Å². The summed E-state index contributed by atoms with van der Waals surface area (Å²) in [7, 11) is 0. The Balaban J connectivity index is 1.75. The van der Waals surface area contributed by atoms with E-state index in [1.54, 1.807) is 12.4 Å². The molecule has 0 spiro atoms. The summed E-state index contributed by atoms with van der Waals surface area (Å²) in [4.78, 5) is 4.13. The third-order valence-corrected chi connectivity index (χ3v) is 4.09. The summed E-state index contributed by atoms with van der Waals surface area (Å²) in [6.07, 6.45) is 2.65. The molecule has 1 aromatic heterocycles. The minimum Gasteiger partial charge on any atom is -0.392 e. The summed E-state index contributed by atoms with van der Waals surface area (Å²) >= 11 is 0. The molecule has 4 nitrogen and oxygen atoms in total. The van der Waals surface area contributed by atoms with Gasteiger partial charge in [-0.25, -0.2) is 0 Å². The van der Waals surface area contributed by atoms with Crippen LogP contribution in [-0.2, 0) is 18.0 Å². The van der Waals surface area contributed by atoms with Crippen LogP contribution < -0.4 is 0 Å². The predicted octanol–water partition coefficient (Wildman–Crippen LogP) is 3.49. The number of benzene rings is 2. The third kappa shape index (κ3) is 4.31. The van der Waals surface area contributed by atoms with Gasteiger partial charge in [0.25, 0.3) is 0 Å². The molecule has 1 heterocycles. The lowest BCUT2D eigenvalue weighted by atomic mass is 9.94. The van der Waals surface area contributed by atoms with Gasteiger partial charge < -0.3 is 14.9 Å². The van der Waals surface area contributed by atoms with E-state index >= 15 is 0 Å². The third-order valence-electron chi connectivity index (χ3n) is 4.09. The van der Waals surface area contributed by atoms with Crippen LogP contribution in [0.1, 0.15) is 22.8 Å². The maximum Gasteiger partial charge on any atom is 0.103 e. The molecule has 2 N–H and O–H groups in total. The topological polar surface area (TPSA) is 62.6 Å². The smallest absolute Gasteiger partial charge is 0.103 e. The van der Waals surface area contributed by atoms with Gasteiger partial charge in [-0.3, -0.25) is 4.98 Å². The Morgan fingerprint density at radius 3 is 2.52 bits per heavy atom. The highest BCUT2D eigenvalue weighted by Gasteiger charge is 2.16. The first-order valence-corrected chi connectivity index (χ1v) is 8.22. The standard InChI is InChI=1S/C21H21NO3/c23-13-20-18(17-8-5-11-22-12-17)9-4-10-19(20)21(24)15-25-14-16-6-2-1-3-7-16/h1-12,21,23-24H,13-15H2. The molecule has 1 atom stereocenters. The van der Waals surface area contributed by atoms with Crippen molar-refractivity contribution < 1.29 is 14.9 Å². The molecule has 0 fully saturated rings. The number of aliphatic hydroxyl groups excluding tert-OH is 2. The van der Waals surface area contributed by atoms with Crippen LogP contribution >= 0.6 is 0 Å². The fourth-order valence-corrected chi connectivity index (χ4v) is 2.84. The number of rotatable bonds is 7. The van der Waals surface area contributed by atoms with E-state index < -0.39 is 6.10 Å². The normalized spacial score (nSPS) is 12.1. The Hall–Kier alpha value is -2.53. The van der Waals surface area contributed by atoms with Gasteiger partial charge in [-0.15, -0.1) is 0 Å². The highest BCUT2D eigenvalue weighted by atomic mass is 16.5. The Morgan fingerprint density at radius 1 is 0.960 bits per heavy atom. The lowest BCUT2D eigenvalue weighted by Gasteiger charge is -2.18. The van der Waals surface area contributed by atoms with Crippen molar-refractivity contribution in [3.05, 3.63) is 89.7 Å². The largest absolute Gasteiger partial charge is 0.392 e. The molecule has 128 valence electrons. The summed E-state index contributed by atoms with van der Waals surface area (Å²) in [5.74, 6) is 0. The molecular formula is C21H21NO3. The van der Waals surface area contributed by atoms with Crippen LogP contribution in [0.4, 0.5) is 0 Å². The van der Waals surface area contributed by atoms with Crippen LogP contribution in [0.5, 0.6) is 0 Å². The molecule has 0 amide bonds. The molecule has 4 heteroatoms. The highest BCUT2D eigenvalue weighted by molar-refractivity contribution is 5.68. The molecule has 0 aliphatic heterocycles. The van der Waals surface area contributed by atoms with Gasteiger partial charge in [0.2, 0.25) is 0 Å². The van der Waals surface area contributed by atoms with Gasteiger partial charge in [-0.2, -0.15) is 0 Å². The van der Waals surface area contributed by atoms with E-state index in [4.69, 9.17) is 4.74 Å². The van der Waals surface area contributed by atoms with Gasteiger partial charge in [0, 0.05) is 18.0 Å². The zero-order valence-electron chi connectivity index (χ0n) is 13.9. The van der Waals surface area contributed by atoms with E-state index in [0.717, 1.165) is 16.7 Å². The molecule has 0 saturated carbocycles. The zero-order chi connectivity index (χ0) is 17.5. The molecule has 25 heavy (non-hydrogen) atoms. The molecule has 0 saturated heterocycles. The molecule has 3 rings (SSSR count). The summed E-state index contributed by atoms with van der Waals surface area (Å²) in [6.45, 7) is 0.448. The van der Waals surface area contributed by atoms with Gasteiger partial charge in [-0.1, -0.05) is 54.6 Å². The lowest BCUT2D eigenvalue weighted by molar-refractivity contribution is 0.0268. The minimum absolute atomic E-state index is 0.157. The maximum absolute atomic E-state index is 10.5. The fourth-order valence-electron chi connectivity index (χ4n) is 2.84. The molecule has 0 aliphatic rings. The SMILES string of the molecule is OCc1c(-c2cccnc2)cccc1C(O)COCc1ccccc1. The monoisotopic (exact) mass is 335 g/mol. The van der Waals surface area contributed by atoms with Crippen molar-refractivity contribution in [1.29, 1.82) is 0 Å². The Bertz CT molecular complexity index is 791. The van der Waals surface area contributed by atoms with Gasteiger partial charge in [0.05, 0.1) is 19.8 Å². The van der Waals surface area contributed by atoms with Crippen molar-refractivity contribution in [2.75, 3.05) is 6.61 Å². The number of nitrogens with zero attached hydrogens (tertiary/aromatic N) is 1. The van der Waals surface area contributed by atoms with Gasteiger partial charge in [0.15, 0.2) is 0 Å². The van der Waals surface area contributed by atoms with Crippen LogP contribution in [-0.4, -0.2) is 21.8 Å². The van der Waals surface area contributed by atoms with Crippen LogP contribution in [0.25, 0.3) is 11.1 Å². The predicted molar refractivity (Wildman–Crippen MR) is 96.7 cm³/mol. The van der Waals surface area contributed by atoms with Crippen molar-refractivity contribution >= 4 is 0 Å². The second-order valence-corrected chi connectivity index (χ2v) is 5.79. The van der Waals surface area contributed by atoms with E-state index in [-0.39, 0.29) is 13.2 Å². The van der Waals surface area contributed by atoms with Crippen molar-refractivity contribution in [2.24, 2.45) is 0 Å². The van der Waals surface area contributed by atoms with Gasteiger partial charge in [0.1, 0.15) is 6.10 Å². The van der Waals surface area contributed by atoms with Crippen LogP contribution in [0.15, 0.2) is 73.1 Å². The molecule has 0 radical (unpaired) electrons. The fraction of sp³-hybridized carbons (Fsp3) is 0.190. The van der Waals surface area contributed by atoms with Crippen molar-refractivity contribution in [3.63, 3.8) is 0 Å². The summed E-state index contributed by atoms with van der Waals surface area (Å²) in [5.41, 5.74) is 4.21. The van der Waals surface area contributed by atoms with E-state index in [2.05, 4.69) is 4.98 Å². The molecule has 0 bridgehead atoms. The number of aliphatic hydroxyl groups is 2. The first-order chi connectivity index (χ1) is 12.3. The number of aromatic nitrogens is 1. The minimum atomic E-state index is -0.803. The van der Waals surface area contributed by atoms with E-state index in [0.29, 0.717) is 17.7 Å². The molecular weight excluding hydrogens is 314 g/mol.